The van der Waals surface area contributed by atoms with E-state index in [-0.39, 0.29) is 0 Å². The Bertz CT molecular complexity index is 508. The third-order valence-corrected chi connectivity index (χ3v) is 3.26. The van der Waals surface area contributed by atoms with E-state index < -0.39 is 0 Å². The molecule has 2 nitrogen and oxygen atoms in total. The van der Waals surface area contributed by atoms with Crippen LogP contribution in [0.3, 0.4) is 0 Å². The smallest absolute Gasteiger partial charge is 0.122 e. The van der Waals surface area contributed by atoms with Crippen molar-refractivity contribution >= 4 is 0 Å². The number of ether oxygens (including phenoxy) is 1. The highest BCUT2D eigenvalue weighted by molar-refractivity contribution is 5.33. The summed E-state index contributed by atoms with van der Waals surface area (Å²) in [7, 11) is 4.22. The second-order valence-corrected chi connectivity index (χ2v) is 5.29. The molecule has 0 aliphatic rings. The van der Waals surface area contributed by atoms with Crippen LogP contribution in [0.1, 0.15) is 17.5 Å². The summed E-state index contributed by atoms with van der Waals surface area (Å²) < 4.78 is 5.97. The zero-order valence-electron chi connectivity index (χ0n) is 12.4. The molecule has 0 spiro atoms. The van der Waals surface area contributed by atoms with Crippen LogP contribution in [-0.4, -0.2) is 25.5 Å². The molecular weight excluding hydrogens is 246 g/mol. The minimum absolute atomic E-state index is 0.630. The molecule has 0 aromatic heterocycles. The average Bonchev–Trinajstić information content (AvgIpc) is 2.47. The molecule has 106 valence electrons. The van der Waals surface area contributed by atoms with E-state index in [0.29, 0.717) is 6.61 Å². The fourth-order valence-electron chi connectivity index (χ4n) is 2.17. The molecule has 0 unspecified atom stereocenters. The molecule has 0 N–H and O–H groups in total. The molecule has 0 saturated heterocycles. The molecule has 0 radical (unpaired) electrons. The van der Waals surface area contributed by atoms with E-state index >= 15 is 0 Å². The quantitative estimate of drug-likeness (QED) is 0.759. The van der Waals surface area contributed by atoms with Gasteiger partial charge in [-0.25, -0.2) is 0 Å². The number of nitrogens with zero attached hydrogens (tertiary/aromatic N) is 1. The molecule has 0 saturated carbocycles. The Morgan fingerprint density at radius 2 is 1.60 bits per heavy atom. The molecular formula is C18H23NO. The third kappa shape index (κ3) is 4.71. The van der Waals surface area contributed by atoms with Crippen molar-refractivity contribution in [3.63, 3.8) is 0 Å². The van der Waals surface area contributed by atoms with Crippen molar-refractivity contribution in [2.45, 2.75) is 19.4 Å². The minimum Gasteiger partial charge on any atom is -0.489 e. The van der Waals surface area contributed by atoms with E-state index in [0.717, 1.165) is 25.1 Å². The molecule has 0 aliphatic heterocycles. The second kappa shape index (κ2) is 7.71. The zero-order chi connectivity index (χ0) is 14.2. The summed E-state index contributed by atoms with van der Waals surface area (Å²) in [5, 5.41) is 0. The predicted octanol–water partition coefficient (Wildman–Crippen LogP) is 3.76. The number of aryl methyl sites for hydroxylation is 1. The maximum Gasteiger partial charge on any atom is 0.122 e. The van der Waals surface area contributed by atoms with Gasteiger partial charge in [0.2, 0.25) is 0 Å². The summed E-state index contributed by atoms with van der Waals surface area (Å²) in [6, 6.07) is 18.6. The summed E-state index contributed by atoms with van der Waals surface area (Å²) in [6.07, 6.45) is 2.21. The van der Waals surface area contributed by atoms with Gasteiger partial charge in [0.25, 0.3) is 0 Å². The van der Waals surface area contributed by atoms with Crippen LogP contribution in [-0.2, 0) is 13.0 Å². The number of benzene rings is 2. The first kappa shape index (κ1) is 14.6. The van der Waals surface area contributed by atoms with Crippen molar-refractivity contribution in [2.24, 2.45) is 0 Å². The number of rotatable bonds is 7. The highest BCUT2D eigenvalue weighted by Gasteiger charge is 2.03. The fraction of sp³-hybridized carbons (Fsp3) is 0.333. The molecule has 0 bridgehead atoms. The molecule has 2 rings (SSSR count). The minimum atomic E-state index is 0.630. The van der Waals surface area contributed by atoms with Gasteiger partial charge in [0.05, 0.1) is 0 Å². The van der Waals surface area contributed by atoms with E-state index in [9.17, 15) is 0 Å². The van der Waals surface area contributed by atoms with Crippen molar-refractivity contribution in [1.82, 2.24) is 4.90 Å². The monoisotopic (exact) mass is 269 g/mol. The Morgan fingerprint density at radius 3 is 2.35 bits per heavy atom. The van der Waals surface area contributed by atoms with Crippen LogP contribution in [0, 0.1) is 0 Å². The molecule has 0 atom stereocenters. The highest BCUT2D eigenvalue weighted by atomic mass is 16.5. The van der Waals surface area contributed by atoms with Crippen LogP contribution in [0.2, 0.25) is 0 Å². The fourth-order valence-corrected chi connectivity index (χ4v) is 2.17. The van der Waals surface area contributed by atoms with Crippen molar-refractivity contribution in [1.29, 1.82) is 0 Å². The van der Waals surface area contributed by atoms with Crippen molar-refractivity contribution in [3.05, 3.63) is 65.7 Å². The molecule has 2 heteroatoms. The topological polar surface area (TPSA) is 12.5 Å². The Morgan fingerprint density at radius 1 is 0.900 bits per heavy atom. The van der Waals surface area contributed by atoms with Gasteiger partial charge in [-0.1, -0.05) is 48.5 Å². The van der Waals surface area contributed by atoms with E-state index in [1.54, 1.807) is 0 Å². The van der Waals surface area contributed by atoms with Crippen LogP contribution in [0.4, 0.5) is 0 Å². The van der Waals surface area contributed by atoms with Gasteiger partial charge in [-0.15, -0.1) is 0 Å². The van der Waals surface area contributed by atoms with E-state index in [1.165, 1.54) is 11.1 Å². The normalized spacial score (nSPS) is 10.8. The highest BCUT2D eigenvalue weighted by Crippen LogP contribution is 2.20. The van der Waals surface area contributed by atoms with Crippen molar-refractivity contribution in [2.75, 3.05) is 20.6 Å². The zero-order valence-corrected chi connectivity index (χ0v) is 12.4. The summed E-state index contributed by atoms with van der Waals surface area (Å²) in [5.41, 5.74) is 2.50. The van der Waals surface area contributed by atoms with Crippen molar-refractivity contribution in [3.8, 4) is 5.75 Å². The first-order chi connectivity index (χ1) is 9.75. The molecule has 20 heavy (non-hydrogen) atoms. The molecule has 0 amide bonds. The SMILES string of the molecule is CN(C)CCCc1ccccc1OCc1ccccc1. The summed E-state index contributed by atoms with van der Waals surface area (Å²) in [4.78, 5) is 2.22. The van der Waals surface area contributed by atoms with Crippen LogP contribution in [0.5, 0.6) is 5.75 Å². The van der Waals surface area contributed by atoms with Crippen molar-refractivity contribution < 1.29 is 4.74 Å². The first-order valence-corrected chi connectivity index (χ1v) is 7.15. The van der Waals surface area contributed by atoms with Crippen LogP contribution in [0.15, 0.2) is 54.6 Å². The lowest BCUT2D eigenvalue weighted by atomic mass is 10.1. The van der Waals surface area contributed by atoms with Gasteiger partial charge in [-0.05, 0) is 50.7 Å². The molecule has 0 aliphatic carbocycles. The van der Waals surface area contributed by atoms with Crippen LogP contribution >= 0.6 is 0 Å². The van der Waals surface area contributed by atoms with Gasteiger partial charge in [0, 0.05) is 0 Å². The number of hydrogen-bond acceptors (Lipinski definition) is 2. The molecule has 0 fully saturated rings. The Balaban J connectivity index is 1.93. The van der Waals surface area contributed by atoms with Crippen LogP contribution in [0.25, 0.3) is 0 Å². The average molecular weight is 269 g/mol. The predicted molar refractivity (Wildman–Crippen MR) is 84.1 cm³/mol. The number of para-hydroxylation sites is 1. The molecule has 2 aromatic rings. The lowest BCUT2D eigenvalue weighted by Gasteiger charge is -2.13. The molecule has 2 aromatic carbocycles. The third-order valence-electron chi connectivity index (χ3n) is 3.26. The Kier molecular flexibility index (Phi) is 5.63. The maximum absolute atomic E-state index is 5.97. The summed E-state index contributed by atoms with van der Waals surface area (Å²) in [6.45, 7) is 1.73. The van der Waals surface area contributed by atoms with Crippen LogP contribution < -0.4 is 4.74 Å². The first-order valence-electron chi connectivity index (χ1n) is 7.15. The number of hydrogen-bond donors (Lipinski definition) is 0. The summed E-state index contributed by atoms with van der Waals surface area (Å²) in [5.74, 6) is 1.01. The lowest BCUT2D eigenvalue weighted by Crippen LogP contribution is -2.13. The second-order valence-electron chi connectivity index (χ2n) is 5.29. The standard InChI is InChI=1S/C18H23NO/c1-19(2)14-8-12-17-11-6-7-13-18(17)20-15-16-9-4-3-5-10-16/h3-7,9-11,13H,8,12,14-15H2,1-2H3. The van der Waals surface area contributed by atoms with E-state index in [2.05, 4.69) is 49.3 Å². The Hall–Kier alpha value is -1.80. The summed E-state index contributed by atoms with van der Waals surface area (Å²) >= 11 is 0. The van der Waals surface area contributed by atoms with E-state index in [1.807, 2.05) is 24.3 Å². The van der Waals surface area contributed by atoms with Gasteiger partial charge in [-0.3, -0.25) is 0 Å². The Labute approximate surface area is 122 Å². The van der Waals surface area contributed by atoms with Gasteiger partial charge in [-0.2, -0.15) is 0 Å². The lowest BCUT2D eigenvalue weighted by molar-refractivity contribution is 0.302. The van der Waals surface area contributed by atoms with Gasteiger partial charge in [0.15, 0.2) is 0 Å². The van der Waals surface area contributed by atoms with Gasteiger partial charge in [0.1, 0.15) is 12.4 Å². The maximum atomic E-state index is 5.97. The largest absolute Gasteiger partial charge is 0.489 e. The van der Waals surface area contributed by atoms with E-state index in [4.69, 9.17) is 4.74 Å². The van der Waals surface area contributed by atoms with Gasteiger partial charge < -0.3 is 9.64 Å². The molecule has 0 heterocycles. The van der Waals surface area contributed by atoms with Gasteiger partial charge >= 0.3 is 0 Å².